The predicted molar refractivity (Wildman–Crippen MR) is 119 cm³/mol. The second-order valence-corrected chi connectivity index (χ2v) is 7.83. The number of ether oxygens (including phenoxy) is 1. The number of piperazine rings is 1. The smallest absolute Gasteiger partial charge is 0.289 e. The zero-order valence-corrected chi connectivity index (χ0v) is 18.0. The second-order valence-electron chi connectivity index (χ2n) is 7.39. The highest BCUT2D eigenvalue weighted by Crippen LogP contribution is 2.21. The van der Waals surface area contributed by atoms with Crippen molar-refractivity contribution < 1.29 is 18.7 Å². The maximum absolute atomic E-state index is 12.8. The lowest BCUT2D eigenvalue weighted by Gasteiger charge is -2.35. The number of hydrogen-bond donors (Lipinski definition) is 0. The molecule has 0 saturated carbocycles. The number of nitrogens with zero attached hydrogens (tertiary/aromatic N) is 2. The zero-order valence-electron chi connectivity index (χ0n) is 17.2. The summed E-state index contributed by atoms with van der Waals surface area (Å²) in [7, 11) is 0. The standard InChI is InChI=1S/C24H23ClN2O4/c1-17(28)18-2-8-21(9-3-18)30-16-22-10-11-23(31-22)24(29)27-14-12-26(13-15-27)20-6-4-19(25)5-7-20/h2-11H,12-16H2,1H3. The first-order valence-electron chi connectivity index (χ1n) is 10.1. The van der Waals surface area contributed by atoms with Crippen LogP contribution in [0.1, 0.15) is 33.6 Å². The SMILES string of the molecule is CC(=O)c1ccc(OCc2ccc(C(=O)N3CCN(c4ccc(Cl)cc4)CC3)o2)cc1. The summed E-state index contributed by atoms with van der Waals surface area (Å²) in [6, 6.07) is 18.1. The van der Waals surface area contributed by atoms with Crippen molar-refractivity contribution in [3.05, 3.63) is 82.8 Å². The van der Waals surface area contributed by atoms with E-state index in [9.17, 15) is 9.59 Å². The Labute approximate surface area is 186 Å². The average molecular weight is 439 g/mol. The number of benzene rings is 2. The van der Waals surface area contributed by atoms with E-state index in [0.717, 1.165) is 18.8 Å². The number of furan rings is 1. The highest BCUT2D eigenvalue weighted by atomic mass is 35.5. The van der Waals surface area contributed by atoms with Gasteiger partial charge in [0.05, 0.1) is 0 Å². The van der Waals surface area contributed by atoms with E-state index >= 15 is 0 Å². The summed E-state index contributed by atoms with van der Waals surface area (Å²) < 4.78 is 11.4. The van der Waals surface area contributed by atoms with Crippen molar-refractivity contribution in [2.24, 2.45) is 0 Å². The van der Waals surface area contributed by atoms with Gasteiger partial charge in [-0.05, 0) is 67.6 Å². The Bertz CT molecular complexity index is 1050. The maximum Gasteiger partial charge on any atom is 0.289 e. The molecule has 2 heterocycles. The Hall–Kier alpha value is -3.25. The van der Waals surface area contributed by atoms with Gasteiger partial charge in [0, 0.05) is 42.5 Å². The van der Waals surface area contributed by atoms with Crippen molar-refractivity contribution >= 4 is 29.0 Å². The number of Topliss-reactive ketones (excluding diaryl/α,β-unsaturated/α-hetero) is 1. The monoisotopic (exact) mass is 438 g/mol. The Morgan fingerprint density at radius 3 is 2.26 bits per heavy atom. The van der Waals surface area contributed by atoms with Crippen LogP contribution in [0.25, 0.3) is 0 Å². The third kappa shape index (κ3) is 5.09. The first kappa shape index (κ1) is 21.0. The van der Waals surface area contributed by atoms with E-state index in [1.807, 2.05) is 24.3 Å². The molecular formula is C24H23ClN2O4. The first-order valence-corrected chi connectivity index (χ1v) is 10.5. The highest BCUT2D eigenvalue weighted by Gasteiger charge is 2.24. The molecular weight excluding hydrogens is 416 g/mol. The molecule has 0 spiro atoms. The van der Waals surface area contributed by atoms with Gasteiger partial charge in [-0.1, -0.05) is 11.6 Å². The molecule has 0 radical (unpaired) electrons. The van der Waals surface area contributed by atoms with Gasteiger partial charge in [-0.15, -0.1) is 0 Å². The molecule has 0 atom stereocenters. The fraction of sp³-hybridized carbons (Fsp3) is 0.250. The van der Waals surface area contributed by atoms with Gasteiger partial charge in [0.2, 0.25) is 0 Å². The normalized spacial score (nSPS) is 13.9. The summed E-state index contributed by atoms with van der Waals surface area (Å²) in [6.45, 7) is 4.47. The van der Waals surface area contributed by atoms with Gasteiger partial charge in [0.1, 0.15) is 18.1 Å². The Morgan fingerprint density at radius 2 is 1.61 bits per heavy atom. The largest absolute Gasteiger partial charge is 0.486 e. The van der Waals surface area contributed by atoms with Gasteiger partial charge in [-0.3, -0.25) is 9.59 Å². The number of rotatable bonds is 6. The molecule has 1 aliphatic heterocycles. The summed E-state index contributed by atoms with van der Waals surface area (Å²) in [5, 5.41) is 0.711. The van der Waals surface area contributed by atoms with E-state index in [1.165, 1.54) is 6.92 Å². The van der Waals surface area contributed by atoms with Gasteiger partial charge in [-0.25, -0.2) is 0 Å². The van der Waals surface area contributed by atoms with Crippen molar-refractivity contribution in [2.75, 3.05) is 31.1 Å². The molecule has 31 heavy (non-hydrogen) atoms. The molecule has 0 unspecified atom stereocenters. The molecule has 0 aliphatic carbocycles. The van der Waals surface area contributed by atoms with Gasteiger partial charge in [0.15, 0.2) is 11.5 Å². The fourth-order valence-electron chi connectivity index (χ4n) is 3.49. The molecule has 2 aromatic carbocycles. The third-order valence-corrected chi connectivity index (χ3v) is 5.53. The Balaban J connectivity index is 1.30. The molecule has 6 nitrogen and oxygen atoms in total. The third-order valence-electron chi connectivity index (χ3n) is 5.27. The van der Waals surface area contributed by atoms with Crippen LogP contribution in [0.2, 0.25) is 5.02 Å². The molecule has 0 N–H and O–H groups in total. The maximum atomic E-state index is 12.8. The van der Waals surface area contributed by atoms with Crippen LogP contribution in [0.15, 0.2) is 65.1 Å². The Morgan fingerprint density at radius 1 is 0.935 bits per heavy atom. The fourth-order valence-corrected chi connectivity index (χ4v) is 3.61. The lowest BCUT2D eigenvalue weighted by atomic mass is 10.1. The van der Waals surface area contributed by atoms with E-state index in [4.69, 9.17) is 20.8 Å². The zero-order chi connectivity index (χ0) is 21.8. The summed E-state index contributed by atoms with van der Waals surface area (Å²) in [5.74, 6) is 1.40. The van der Waals surface area contributed by atoms with Gasteiger partial charge in [-0.2, -0.15) is 0 Å². The summed E-state index contributed by atoms with van der Waals surface area (Å²) in [4.78, 5) is 28.2. The van der Waals surface area contributed by atoms with E-state index in [-0.39, 0.29) is 18.3 Å². The molecule has 160 valence electrons. The molecule has 1 aromatic heterocycles. The lowest BCUT2D eigenvalue weighted by Crippen LogP contribution is -2.48. The Kier molecular flexibility index (Phi) is 6.28. The number of anilines is 1. The number of carbonyl (C=O) groups is 2. The van der Waals surface area contributed by atoms with E-state index in [2.05, 4.69) is 4.90 Å². The number of ketones is 1. The van der Waals surface area contributed by atoms with Crippen LogP contribution in [0.3, 0.4) is 0 Å². The van der Waals surface area contributed by atoms with Gasteiger partial charge < -0.3 is 19.0 Å². The molecule has 3 aromatic rings. The number of amides is 1. The number of carbonyl (C=O) groups excluding carboxylic acids is 2. The van der Waals surface area contributed by atoms with Crippen LogP contribution in [-0.2, 0) is 6.61 Å². The lowest BCUT2D eigenvalue weighted by molar-refractivity contribution is 0.0710. The molecule has 1 saturated heterocycles. The number of halogens is 1. The number of hydrogen-bond acceptors (Lipinski definition) is 5. The minimum atomic E-state index is -0.118. The van der Waals surface area contributed by atoms with E-state index in [0.29, 0.717) is 40.9 Å². The van der Waals surface area contributed by atoms with Crippen LogP contribution in [-0.4, -0.2) is 42.8 Å². The predicted octanol–water partition coefficient (Wildman–Crippen LogP) is 4.68. The molecule has 7 heteroatoms. The summed E-state index contributed by atoms with van der Waals surface area (Å²) in [6.07, 6.45) is 0. The highest BCUT2D eigenvalue weighted by molar-refractivity contribution is 6.30. The van der Waals surface area contributed by atoms with Crippen LogP contribution in [0.5, 0.6) is 5.75 Å². The van der Waals surface area contributed by atoms with Gasteiger partial charge >= 0.3 is 0 Å². The molecule has 1 fully saturated rings. The van der Waals surface area contributed by atoms with Crippen LogP contribution >= 0.6 is 11.6 Å². The average Bonchev–Trinajstić information content (AvgIpc) is 3.27. The van der Waals surface area contributed by atoms with Crippen LogP contribution in [0.4, 0.5) is 5.69 Å². The molecule has 1 aliphatic rings. The summed E-state index contributed by atoms with van der Waals surface area (Å²) in [5.41, 5.74) is 1.74. The topological polar surface area (TPSA) is 63.0 Å². The quantitative estimate of drug-likeness (QED) is 0.523. The van der Waals surface area contributed by atoms with E-state index < -0.39 is 0 Å². The molecule has 4 rings (SSSR count). The van der Waals surface area contributed by atoms with Crippen molar-refractivity contribution in [3.8, 4) is 5.75 Å². The van der Waals surface area contributed by atoms with Crippen LogP contribution in [0, 0.1) is 0 Å². The van der Waals surface area contributed by atoms with Crippen LogP contribution < -0.4 is 9.64 Å². The summed E-state index contributed by atoms with van der Waals surface area (Å²) >= 11 is 5.96. The van der Waals surface area contributed by atoms with E-state index in [1.54, 1.807) is 41.3 Å². The first-order chi connectivity index (χ1) is 15.0. The van der Waals surface area contributed by atoms with Crippen molar-refractivity contribution in [1.29, 1.82) is 0 Å². The van der Waals surface area contributed by atoms with Gasteiger partial charge in [0.25, 0.3) is 5.91 Å². The molecule has 0 bridgehead atoms. The minimum absolute atomic E-state index is 0.00902. The second kappa shape index (κ2) is 9.27. The van der Waals surface area contributed by atoms with Crippen molar-refractivity contribution in [3.63, 3.8) is 0 Å². The minimum Gasteiger partial charge on any atom is -0.486 e. The van der Waals surface area contributed by atoms with Crippen molar-refractivity contribution in [2.45, 2.75) is 13.5 Å². The van der Waals surface area contributed by atoms with Crippen molar-refractivity contribution in [1.82, 2.24) is 4.90 Å². The molecule has 1 amide bonds.